The van der Waals surface area contributed by atoms with E-state index < -0.39 is 0 Å². The van der Waals surface area contributed by atoms with E-state index in [1.807, 2.05) is 0 Å². The van der Waals surface area contributed by atoms with Crippen LogP contribution in [0.3, 0.4) is 0 Å². The van der Waals surface area contributed by atoms with Crippen LogP contribution in [0.5, 0.6) is 0 Å². The van der Waals surface area contributed by atoms with Gasteiger partial charge in [0.05, 0.1) is 0 Å². The molecular weight excluding hydrogens is 232 g/mol. The first-order chi connectivity index (χ1) is 9.18. The summed E-state index contributed by atoms with van der Waals surface area (Å²) in [6.45, 7) is 10.0. The number of hydrogen-bond acceptors (Lipinski definition) is 1. The number of hydrogen-bond donors (Lipinski definition) is 1. The van der Waals surface area contributed by atoms with Gasteiger partial charge in [-0.2, -0.15) is 0 Å². The van der Waals surface area contributed by atoms with Crippen molar-refractivity contribution in [2.75, 3.05) is 13.1 Å². The lowest BCUT2D eigenvalue weighted by Gasteiger charge is -2.08. The Bertz CT molecular complexity index is 511. The van der Waals surface area contributed by atoms with E-state index in [0.717, 1.165) is 25.6 Å². The Balaban J connectivity index is 1.82. The summed E-state index contributed by atoms with van der Waals surface area (Å²) in [4.78, 5) is 0. The Kier molecular flexibility index (Phi) is 5.03. The second-order valence-electron chi connectivity index (χ2n) is 5.81. The summed E-state index contributed by atoms with van der Waals surface area (Å²) in [7, 11) is 0. The SMILES string of the molecule is Cc1cn(CCNCCCC(C)C)c2ccccc12. The minimum Gasteiger partial charge on any atom is -0.346 e. The van der Waals surface area contributed by atoms with Crippen LogP contribution in [0.25, 0.3) is 10.9 Å². The third-order valence-corrected chi connectivity index (χ3v) is 3.65. The highest BCUT2D eigenvalue weighted by molar-refractivity contribution is 5.83. The van der Waals surface area contributed by atoms with Gasteiger partial charge in [0, 0.05) is 30.2 Å². The number of fused-ring (bicyclic) bond motifs is 1. The molecule has 0 aliphatic heterocycles. The minimum atomic E-state index is 0.817. The maximum atomic E-state index is 3.54. The average Bonchev–Trinajstić information content (AvgIpc) is 2.71. The zero-order valence-corrected chi connectivity index (χ0v) is 12.4. The molecule has 0 saturated carbocycles. The van der Waals surface area contributed by atoms with Crippen LogP contribution in [0.2, 0.25) is 0 Å². The van der Waals surface area contributed by atoms with Crippen LogP contribution in [0.15, 0.2) is 30.5 Å². The second kappa shape index (κ2) is 6.76. The number of nitrogens with zero attached hydrogens (tertiary/aromatic N) is 1. The van der Waals surface area contributed by atoms with E-state index in [1.165, 1.54) is 29.3 Å². The Morgan fingerprint density at radius 2 is 1.95 bits per heavy atom. The topological polar surface area (TPSA) is 17.0 Å². The summed E-state index contributed by atoms with van der Waals surface area (Å²) in [6, 6.07) is 8.65. The normalized spacial score (nSPS) is 11.6. The van der Waals surface area contributed by atoms with Crippen molar-refractivity contribution < 1.29 is 0 Å². The molecule has 2 rings (SSSR count). The molecule has 0 saturated heterocycles. The lowest BCUT2D eigenvalue weighted by Crippen LogP contribution is -2.21. The Morgan fingerprint density at radius 1 is 1.16 bits per heavy atom. The zero-order valence-electron chi connectivity index (χ0n) is 12.4. The van der Waals surface area contributed by atoms with Crippen LogP contribution in [-0.4, -0.2) is 17.7 Å². The third kappa shape index (κ3) is 3.84. The highest BCUT2D eigenvalue weighted by atomic mass is 15.0. The molecule has 0 aliphatic carbocycles. The fourth-order valence-electron chi connectivity index (χ4n) is 2.58. The lowest BCUT2D eigenvalue weighted by molar-refractivity contribution is 0.517. The van der Waals surface area contributed by atoms with Crippen LogP contribution in [0.4, 0.5) is 0 Å². The van der Waals surface area contributed by atoms with Gasteiger partial charge in [0.1, 0.15) is 0 Å². The summed E-state index contributed by atoms with van der Waals surface area (Å²) >= 11 is 0. The Hall–Kier alpha value is -1.28. The highest BCUT2D eigenvalue weighted by Gasteiger charge is 2.03. The Morgan fingerprint density at radius 3 is 2.74 bits per heavy atom. The number of benzene rings is 1. The zero-order chi connectivity index (χ0) is 13.7. The summed E-state index contributed by atoms with van der Waals surface area (Å²) < 4.78 is 2.36. The number of aromatic nitrogens is 1. The minimum absolute atomic E-state index is 0.817. The van der Waals surface area contributed by atoms with E-state index in [9.17, 15) is 0 Å². The molecule has 19 heavy (non-hydrogen) atoms. The van der Waals surface area contributed by atoms with Gasteiger partial charge in [-0.05, 0) is 43.9 Å². The first-order valence-electron chi connectivity index (χ1n) is 7.43. The fraction of sp³-hybridized carbons (Fsp3) is 0.529. The lowest BCUT2D eigenvalue weighted by atomic mass is 10.1. The summed E-state index contributed by atoms with van der Waals surface area (Å²) in [5.41, 5.74) is 2.72. The molecule has 0 atom stereocenters. The Labute approximate surface area is 116 Å². The van der Waals surface area contributed by atoms with E-state index in [0.29, 0.717) is 0 Å². The van der Waals surface area contributed by atoms with E-state index >= 15 is 0 Å². The van der Waals surface area contributed by atoms with Crippen molar-refractivity contribution in [3.8, 4) is 0 Å². The molecule has 1 heterocycles. The molecule has 1 aromatic carbocycles. The van der Waals surface area contributed by atoms with Gasteiger partial charge in [-0.1, -0.05) is 32.0 Å². The quantitative estimate of drug-likeness (QED) is 0.743. The van der Waals surface area contributed by atoms with Gasteiger partial charge < -0.3 is 9.88 Å². The molecule has 0 amide bonds. The van der Waals surface area contributed by atoms with E-state index in [1.54, 1.807) is 0 Å². The molecule has 0 fully saturated rings. The van der Waals surface area contributed by atoms with Crippen LogP contribution in [0, 0.1) is 12.8 Å². The second-order valence-corrected chi connectivity index (χ2v) is 5.81. The molecule has 1 N–H and O–H groups in total. The number of aryl methyl sites for hydroxylation is 1. The van der Waals surface area contributed by atoms with Gasteiger partial charge >= 0.3 is 0 Å². The van der Waals surface area contributed by atoms with Crippen LogP contribution in [0.1, 0.15) is 32.3 Å². The number of rotatable bonds is 7. The molecule has 104 valence electrons. The van der Waals surface area contributed by atoms with Crippen molar-refractivity contribution in [2.45, 2.75) is 40.2 Å². The first-order valence-corrected chi connectivity index (χ1v) is 7.43. The van der Waals surface area contributed by atoms with Crippen LogP contribution in [-0.2, 0) is 6.54 Å². The molecule has 2 aromatic rings. The monoisotopic (exact) mass is 258 g/mol. The van der Waals surface area contributed by atoms with Crippen LogP contribution >= 0.6 is 0 Å². The maximum Gasteiger partial charge on any atom is 0.0483 e. The average molecular weight is 258 g/mol. The molecular formula is C17H26N2. The smallest absolute Gasteiger partial charge is 0.0483 e. The van der Waals surface area contributed by atoms with Gasteiger partial charge in [-0.15, -0.1) is 0 Å². The molecule has 0 aliphatic rings. The van der Waals surface area contributed by atoms with Crippen molar-refractivity contribution in [3.05, 3.63) is 36.0 Å². The molecule has 0 radical (unpaired) electrons. The molecule has 2 nitrogen and oxygen atoms in total. The summed E-state index contributed by atoms with van der Waals surface area (Å²) in [5, 5.41) is 4.92. The van der Waals surface area contributed by atoms with Crippen molar-refractivity contribution in [2.24, 2.45) is 5.92 Å². The first kappa shape index (κ1) is 14.1. The molecule has 0 unspecified atom stereocenters. The van der Waals surface area contributed by atoms with E-state index in [-0.39, 0.29) is 0 Å². The van der Waals surface area contributed by atoms with Crippen molar-refractivity contribution in [1.29, 1.82) is 0 Å². The van der Waals surface area contributed by atoms with Crippen LogP contribution < -0.4 is 5.32 Å². The highest BCUT2D eigenvalue weighted by Crippen LogP contribution is 2.19. The van der Waals surface area contributed by atoms with Crippen molar-refractivity contribution >= 4 is 10.9 Å². The van der Waals surface area contributed by atoms with Gasteiger partial charge in [0.25, 0.3) is 0 Å². The predicted molar refractivity (Wildman–Crippen MR) is 83.6 cm³/mol. The van der Waals surface area contributed by atoms with Gasteiger partial charge in [-0.25, -0.2) is 0 Å². The van der Waals surface area contributed by atoms with E-state index in [2.05, 4.69) is 61.1 Å². The summed E-state index contributed by atoms with van der Waals surface area (Å²) in [5.74, 6) is 0.817. The predicted octanol–water partition coefficient (Wildman–Crippen LogP) is 3.98. The van der Waals surface area contributed by atoms with Gasteiger partial charge in [0.15, 0.2) is 0 Å². The molecule has 0 spiro atoms. The van der Waals surface area contributed by atoms with Gasteiger partial charge in [0.2, 0.25) is 0 Å². The van der Waals surface area contributed by atoms with Crippen molar-refractivity contribution in [3.63, 3.8) is 0 Å². The third-order valence-electron chi connectivity index (χ3n) is 3.65. The van der Waals surface area contributed by atoms with Gasteiger partial charge in [-0.3, -0.25) is 0 Å². The van der Waals surface area contributed by atoms with Crippen molar-refractivity contribution in [1.82, 2.24) is 9.88 Å². The number of nitrogens with one attached hydrogen (secondary N) is 1. The number of para-hydroxylation sites is 1. The molecule has 2 heteroatoms. The van der Waals surface area contributed by atoms with E-state index in [4.69, 9.17) is 0 Å². The largest absolute Gasteiger partial charge is 0.346 e. The standard InChI is InChI=1S/C17H26N2/c1-14(2)7-6-10-18-11-12-19-13-15(3)16-8-4-5-9-17(16)19/h4-5,8-9,13-14,18H,6-7,10-12H2,1-3H3. The molecule has 1 aromatic heterocycles. The summed E-state index contributed by atoms with van der Waals surface area (Å²) in [6.07, 6.45) is 4.86. The fourth-order valence-corrected chi connectivity index (χ4v) is 2.58. The molecule has 0 bridgehead atoms. The maximum absolute atomic E-state index is 3.54.